The highest BCUT2D eigenvalue weighted by molar-refractivity contribution is 5.98. The van der Waals surface area contributed by atoms with Gasteiger partial charge in [0.05, 0.1) is 5.56 Å². The molecule has 2 rings (SSSR count). The van der Waals surface area contributed by atoms with E-state index in [1.807, 2.05) is 0 Å². The Morgan fingerprint density at radius 1 is 1.40 bits per heavy atom. The lowest BCUT2D eigenvalue weighted by molar-refractivity contribution is 0.0965. The number of phenols is 1. The first-order valence-corrected chi connectivity index (χ1v) is 4.41. The van der Waals surface area contributed by atoms with E-state index in [1.165, 1.54) is 23.4 Å². The van der Waals surface area contributed by atoms with Crippen LogP contribution >= 0.6 is 0 Å². The molecule has 0 atom stereocenters. The van der Waals surface area contributed by atoms with Gasteiger partial charge in [0.2, 0.25) is 0 Å². The molecule has 5 heteroatoms. The third-order valence-corrected chi connectivity index (χ3v) is 1.98. The zero-order valence-corrected chi connectivity index (χ0v) is 7.87. The lowest BCUT2D eigenvalue weighted by Gasteiger charge is -2.02. The number of phenolic OH excluding ortho intramolecular Hbond substituents is 1. The summed E-state index contributed by atoms with van der Waals surface area (Å²) < 4.78 is 1.41. The second-order valence-corrected chi connectivity index (χ2v) is 3.03. The zero-order valence-electron chi connectivity index (χ0n) is 7.87. The van der Waals surface area contributed by atoms with E-state index in [4.69, 9.17) is 0 Å². The van der Waals surface area contributed by atoms with E-state index in [0.29, 0.717) is 5.56 Å². The van der Waals surface area contributed by atoms with Crippen molar-refractivity contribution < 1.29 is 9.90 Å². The summed E-state index contributed by atoms with van der Waals surface area (Å²) in [6.07, 6.45) is 2.82. The largest absolute Gasteiger partial charge is 0.507 e. The Morgan fingerprint density at radius 3 is 2.87 bits per heavy atom. The van der Waals surface area contributed by atoms with Gasteiger partial charge < -0.3 is 5.11 Å². The third kappa shape index (κ3) is 2.01. The monoisotopic (exact) mass is 203 g/mol. The molecule has 15 heavy (non-hydrogen) atoms. The third-order valence-electron chi connectivity index (χ3n) is 1.98. The van der Waals surface area contributed by atoms with Gasteiger partial charge >= 0.3 is 0 Å². The van der Waals surface area contributed by atoms with Gasteiger partial charge in [0.15, 0.2) is 5.78 Å². The van der Waals surface area contributed by atoms with Crippen molar-refractivity contribution in [3.8, 4) is 5.75 Å². The quantitative estimate of drug-likeness (QED) is 0.751. The number of para-hydroxylation sites is 1. The number of aromatic nitrogens is 3. The molecule has 0 aliphatic carbocycles. The lowest BCUT2D eigenvalue weighted by Crippen LogP contribution is -2.10. The first-order valence-electron chi connectivity index (χ1n) is 4.41. The summed E-state index contributed by atoms with van der Waals surface area (Å²) in [5.41, 5.74) is 0.299. The average molecular weight is 203 g/mol. The van der Waals surface area contributed by atoms with Gasteiger partial charge in [0, 0.05) is 0 Å². The number of rotatable bonds is 3. The Balaban J connectivity index is 2.19. The van der Waals surface area contributed by atoms with E-state index >= 15 is 0 Å². The SMILES string of the molecule is O=C(Cn1cncn1)c1ccccc1O. The molecule has 0 aliphatic heterocycles. The van der Waals surface area contributed by atoms with E-state index < -0.39 is 0 Å². The van der Waals surface area contributed by atoms with Crippen LogP contribution in [0.5, 0.6) is 5.75 Å². The summed E-state index contributed by atoms with van der Waals surface area (Å²) in [6.45, 7) is 0.0809. The number of nitrogens with zero attached hydrogens (tertiary/aromatic N) is 3. The van der Waals surface area contributed by atoms with Gasteiger partial charge in [-0.25, -0.2) is 9.67 Å². The molecule has 0 unspecified atom stereocenters. The number of carbonyl (C=O) groups is 1. The second kappa shape index (κ2) is 3.91. The summed E-state index contributed by atoms with van der Waals surface area (Å²) in [5.74, 6) is -0.207. The van der Waals surface area contributed by atoms with Crippen LogP contribution < -0.4 is 0 Å². The average Bonchev–Trinajstić information content (AvgIpc) is 2.71. The van der Waals surface area contributed by atoms with Crippen LogP contribution in [-0.2, 0) is 6.54 Å². The molecule has 1 heterocycles. The number of hydrogen-bond donors (Lipinski definition) is 1. The topological polar surface area (TPSA) is 68.0 Å². The van der Waals surface area contributed by atoms with Crippen molar-refractivity contribution in [1.82, 2.24) is 14.8 Å². The fourth-order valence-corrected chi connectivity index (χ4v) is 1.26. The van der Waals surface area contributed by atoms with Crippen LogP contribution in [0.15, 0.2) is 36.9 Å². The van der Waals surface area contributed by atoms with Crippen molar-refractivity contribution >= 4 is 5.78 Å². The fourth-order valence-electron chi connectivity index (χ4n) is 1.26. The minimum atomic E-state index is -0.196. The van der Waals surface area contributed by atoms with Gasteiger partial charge in [-0.2, -0.15) is 5.10 Å². The first kappa shape index (κ1) is 9.39. The molecule has 0 aliphatic rings. The van der Waals surface area contributed by atoms with Crippen LogP contribution in [0.25, 0.3) is 0 Å². The van der Waals surface area contributed by atoms with E-state index in [0.717, 1.165) is 0 Å². The standard InChI is InChI=1S/C10H9N3O2/c14-9-4-2-1-3-8(9)10(15)5-13-7-11-6-12-13/h1-4,6-7,14H,5H2. The maximum absolute atomic E-state index is 11.7. The Kier molecular flexibility index (Phi) is 2.45. The van der Waals surface area contributed by atoms with Gasteiger partial charge in [-0.05, 0) is 12.1 Å². The Bertz CT molecular complexity index is 465. The molecule has 5 nitrogen and oxygen atoms in total. The summed E-state index contributed by atoms with van der Waals surface area (Å²) in [6, 6.07) is 6.43. The molecular formula is C10H9N3O2. The molecular weight excluding hydrogens is 194 g/mol. The van der Waals surface area contributed by atoms with Crippen molar-refractivity contribution in [3.05, 3.63) is 42.5 Å². The highest BCUT2D eigenvalue weighted by atomic mass is 16.3. The van der Waals surface area contributed by atoms with Crippen LogP contribution in [0, 0.1) is 0 Å². The first-order chi connectivity index (χ1) is 7.27. The molecule has 76 valence electrons. The predicted octanol–water partition coefficient (Wildman–Crippen LogP) is 0.867. The number of ketones is 1. The molecule has 0 saturated heterocycles. The van der Waals surface area contributed by atoms with Gasteiger partial charge in [0.1, 0.15) is 24.9 Å². The van der Waals surface area contributed by atoms with Gasteiger partial charge in [-0.15, -0.1) is 0 Å². The Hall–Kier alpha value is -2.17. The van der Waals surface area contributed by atoms with Gasteiger partial charge in [-0.3, -0.25) is 4.79 Å². The molecule has 0 radical (unpaired) electrons. The smallest absolute Gasteiger partial charge is 0.188 e. The maximum atomic E-state index is 11.7. The van der Waals surface area contributed by atoms with Crippen molar-refractivity contribution in [1.29, 1.82) is 0 Å². The van der Waals surface area contributed by atoms with E-state index in [2.05, 4.69) is 10.1 Å². The molecule has 0 amide bonds. The van der Waals surface area contributed by atoms with Crippen LogP contribution in [0.2, 0.25) is 0 Å². The molecule has 0 spiro atoms. The van der Waals surface area contributed by atoms with Crippen molar-refractivity contribution in [3.63, 3.8) is 0 Å². The van der Waals surface area contributed by atoms with Crippen molar-refractivity contribution in [2.24, 2.45) is 0 Å². The minimum absolute atomic E-state index is 0.0115. The van der Waals surface area contributed by atoms with Crippen LogP contribution in [0.3, 0.4) is 0 Å². The van der Waals surface area contributed by atoms with Crippen LogP contribution in [-0.4, -0.2) is 25.7 Å². The molecule has 1 aromatic carbocycles. The van der Waals surface area contributed by atoms with Crippen molar-refractivity contribution in [2.45, 2.75) is 6.54 Å². The molecule has 1 aromatic heterocycles. The predicted molar refractivity (Wildman–Crippen MR) is 52.5 cm³/mol. The second-order valence-electron chi connectivity index (χ2n) is 3.03. The van der Waals surface area contributed by atoms with E-state index in [9.17, 15) is 9.90 Å². The van der Waals surface area contributed by atoms with E-state index in [-0.39, 0.29) is 18.1 Å². The number of Topliss-reactive ketones (excluding diaryl/α,β-unsaturated/α-hetero) is 1. The van der Waals surface area contributed by atoms with Gasteiger partial charge in [0.25, 0.3) is 0 Å². The molecule has 1 N–H and O–H groups in total. The summed E-state index contributed by atoms with van der Waals surface area (Å²) in [7, 11) is 0. The van der Waals surface area contributed by atoms with Crippen molar-refractivity contribution in [2.75, 3.05) is 0 Å². The number of carbonyl (C=O) groups excluding carboxylic acids is 1. The highest BCUT2D eigenvalue weighted by Crippen LogP contribution is 2.16. The fraction of sp³-hybridized carbons (Fsp3) is 0.100. The van der Waals surface area contributed by atoms with E-state index in [1.54, 1.807) is 18.2 Å². The normalized spacial score (nSPS) is 10.1. The Morgan fingerprint density at radius 2 is 2.20 bits per heavy atom. The summed E-state index contributed by atoms with van der Waals surface area (Å²) in [4.78, 5) is 15.4. The Labute approximate surface area is 86.0 Å². The maximum Gasteiger partial charge on any atom is 0.188 e. The van der Waals surface area contributed by atoms with Gasteiger partial charge in [-0.1, -0.05) is 12.1 Å². The minimum Gasteiger partial charge on any atom is -0.507 e. The van der Waals surface area contributed by atoms with Crippen LogP contribution in [0.1, 0.15) is 10.4 Å². The molecule has 0 bridgehead atoms. The molecule has 2 aromatic rings. The number of aromatic hydroxyl groups is 1. The zero-order chi connectivity index (χ0) is 10.7. The number of benzene rings is 1. The number of hydrogen-bond acceptors (Lipinski definition) is 4. The van der Waals surface area contributed by atoms with Crippen LogP contribution in [0.4, 0.5) is 0 Å². The molecule has 0 fully saturated rings. The molecule has 0 saturated carbocycles. The highest BCUT2D eigenvalue weighted by Gasteiger charge is 2.10. The lowest BCUT2D eigenvalue weighted by atomic mass is 10.1. The summed E-state index contributed by atoms with van der Waals surface area (Å²) >= 11 is 0. The summed E-state index contributed by atoms with van der Waals surface area (Å²) in [5, 5.41) is 13.3.